The average Bonchev–Trinajstić information content (AvgIpc) is 3.10. The lowest BCUT2D eigenvalue weighted by Crippen LogP contribution is -2.12. The van der Waals surface area contributed by atoms with Crippen molar-refractivity contribution in [2.75, 3.05) is 10.6 Å². The Labute approximate surface area is 162 Å². The molecule has 1 aromatic carbocycles. The van der Waals surface area contributed by atoms with Crippen molar-refractivity contribution in [3.8, 4) is 0 Å². The maximum atomic E-state index is 12.2. The fourth-order valence-electron chi connectivity index (χ4n) is 2.99. The number of rotatable bonds is 6. The Bertz CT molecular complexity index is 1020. The molecule has 142 valence electrons. The van der Waals surface area contributed by atoms with Gasteiger partial charge in [0.2, 0.25) is 5.91 Å². The molecule has 3 aromatic rings. The zero-order chi connectivity index (χ0) is 19.5. The number of carbonyl (C=O) groups is 2. The molecular weight excluding hydrogens is 356 g/mol. The third-order valence-electron chi connectivity index (χ3n) is 4.65. The van der Waals surface area contributed by atoms with Gasteiger partial charge in [-0.25, -0.2) is 0 Å². The Morgan fingerprint density at radius 1 is 1.07 bits per heavy atom. The van der Waals surface area contributed by atoms with Gasteiger partial charge in [0.15, 0.2) is 5.76 Å². The average molecular weight is 376 g/mol. The van der Waals surface area contributed by atoms with E-state index in [1.807, 2.05) is 12.1 Å². The summed E-state index contributed by atoms with van der Waals surface area (Å²) in [6.45, 7) is 2.20. The summed E-state index contributed by atoms with van der Waals surface area (Å²) in [5, 5.41) is 5.49. The fourth-order valence-corrected chi connectivity index (χ4v) is 2.99. The first kappa shape index (κ1) is 17.9. The van der Waals surface area contributed by atoms with Gasteiger partial charge in [-0.3, -0.25) is 9.59 Å². The van der Waals surface area contributed by atoms with Crippen LogP contribution < -0.4 is 10.6 Å². The SMILES string of the molecule is C[C@@H]1C[C@H]1c1ccc(/C=C/C(=O)Nc2cccc(NC(=O)c3ccco3)c2)o1. The number of hydrogen-bond donors (Lipinski definition) is 2. The Hall–Kier alpha value is -3.54. The van der Waals surface area contributed by atoms with E-state index in [0.717, 1.165) is 12.2 Å². The standard InChI is InChI=1S/C22H20N2O4/c1-14-12-18(14)19-9-7-17(28-19)8-10-21(25)23-15-4-2-5-16(13-15)24-22(26)20-6-3-11-27-20/h2-11,13-14,18H,12H2,1H3,(H,23,25)(H,24,26)/b10-8+/t14-,18-/m1/s1. The maximum absolute atomic E-state index is 12.2. The summed E-state index contributed by atoms with van der Waals surface area (Å²) in [7, 11) is 0. The molecule has 1 fully saturated rings. The summed E-state index contributed by atoms with van der Waals surface area (Å²) in [6.07, 6.45) is 5.66. The quantitative estimate of drug-likeness (QED) is 0.599. The number of carbonyl (C=O) groups excluding carboxylic acids is 2. The third-order valence-corrected chi connectivity index (χ3v) is 4.65. The molecule has 1 saturated carbocycles. The smallest absolute Gasteiger partial charge is 0.291 e. The van der Waals surface area contributed by atoms with Gasteiger partial charge in [-0.1, -0.05) is 13.0 Å². The van der Waals surface area contributed by atoms with Crippen LogP contribution in [-0.4, -0.2) is 11.8 Å². The largest absolute Gasteiger partial charge is 0.461 e. The van der Waals surface area contributed by atoms with Gasteiger partial charge >= 0.3 is 0 Å². The predicted octanol–water partition coefficient (Wildman–Crippen LogP) is 4.90. The minimum atomic E-state index is -0.355. The molecule has 28 heavy (non-hydrogen) atoms. The van der Waals surface area contributed by atoms with Gasteiger partial charge in [0.05, 0.1) is 6.26 Å². The van der Waals surface area contributed by atoms with E-state index in [1.54, 1.807) is 42.5 Å². The summed E-state index contributed by atoms with van der Waals surface area (Å²) in [4.78, 5) is 24.2. The second-order valence-corrected chi connectivity index (χ2v) is 6.89. The van der Waals surface area contributed by atoms with Crippen LogP contribution >= 0.6 is 0 Å². The molecule has 2 aromatic heterocycles. The first-order valence-corrected chi connectivity index (χ1v) is 9.12. The molecule has 0 aliphatic heterocycles. The molecule has 0 spiro atoms. The normalized spacial score (nSPS) is 18.2. The summed E-state index contributed by atoms with van der Waals surface area (Å²) >= 11 is 0. The van der Waals surface area contributed by atoms with E-state index < -0.39 is 0 Å². The first-order chi connectivity index (χ1) is 13.6. The van der Waals surface area contributed by atoms with E-state index in [2.05, 4.69) is 17.6 Å². The van der Waals surface area contributed by atoms with Crippen molar-refractivity contribution in [2.45, 2.75) is 19.3 Å². The van der Waals surface area contributed by atoms with Gasteiger partial charge in [-0.15, -0.1) is 0 Å². The van der Waals surface area contributed by atoms with E-state index in [9.17, 15) is 9.59 Å². The van der Waals surface area contributed by atoms with Crippen LogP contribution in [0.3, 0.4) is 0 Å². The molecule has 2 N–H and O–H groups in total. The number of anilines is 2. The van der Waals surface area contributed by atoms with Crippen LogP contribution in [-0.2, 0) is 4.79 Å². The molecule has 0 bridgehead atoms. The Balaban J connectivity index is 1.35. The van der Waals surface area contributed by atoms with Crippen LogP contribution in [0.5, 0.6) is 0 Å². The molecule has 6 nitrogen and oxygen atoms in total. The van der Waals surface area contributed by atoms with Gasteiger partial charge < -0.3 is 19.5 Å². The van der Waals surface area contributed by atoms with Crippen LogP contribution in [0, 0.1) is 5.92 Å². The van der Waals surface area contributed by atoms with Crippen LogP contribution in [0.15, 0.2) is 69.7 Å². The highest BCUT2D eigenvalue weighted by atomic mass is 16.3. The second kappa shape index (κ2) is 7.60. The lowest BCUT2D eigenvalue weighted by Gasteiger charge is -2.06. The van der Waals surface area contributed by atoms with E-state index >= 15 is 0 Å². The molecule has 0 unspecified atom stereocenters. The van der Waals surface area contributed by atoms with Crippen molar-refractivity contribution in [3.05, 3.63) is 78.2 Å². The zero-order valence-corrected chi connectivity index (χ0v) is 15.3. The Morgan fingerprint density at radius 2 is 1.86 bits per heavy atom. The van der Waals surface area contributed by atoms with E-state index in [4.69, 9.17) is 8.83 Å². The molecule has 1 aliphatic carbocycles. The van der Waals surface area contributed by atoms with Crippen molar-refractivity contribution in [1.29, 1.82) is 0 Å². The predicted molar refractivity (Wildman–Crippen MR) is 106 cm³/mol. The van der Waals surface area contributed by atoms with Gasteiger partial charge in [0, 0.05) is 23.4 Å². The molecule has 1 aliphatic rings. The number of benzene rings is 1. The Morgan fingerprint density at radius 3 is 2.57 bits per heavy atom. The topological polar surface area (TPSA) is 84.5 Å². The van der Waals surface area contributed by atoms with Crippen LogP contribution in [0.4, 0.5) is 11.4 Å². The van der Waals surface area contributed by atoms with Gasteiger partial charge in [-0.2, -0.15) is 0 Å². The van der Waals surface area contributed by atoms with Crippen LogP contribution in [0.1, 0.15) is 41.3 Å². The number of hydrogen-bond acceptors (Lipinski definition) is 4. The fraction of sp³-hybridized carbons (Fsp3) is 0.182. The van der Waals surface area contributed by atoms with E-state index in [1.165, 1.54) is 12.3 Å². The lowest BCUT2D eigenvalue weighted by molar-refractivity contribution is -0.111. The van der Waals surface area contributed by atoms with E-state index in [0.29, 0.717) is 29.0 Å². The number of amides is 2. The highest BCUT2D eigenvalue weighted by Gasteiger charge is 2.36. The van der Waals surface area contributed by atoms with Crippen LogP contribution in [0.25, 0.3) is 6.08 Å². The molecule has 0 radical (unpaired) electrons. The highest BCUT2D eigenvalue weighted by molar-refractivity contribution is 6.04. The molecule has 4 rings (SSSR count). The first-order valence-electron chi connectivity index (χ1n) is 9.12. The molecule has 2 atom stereocenters. The minimum Gasteiger partial charge on any atom is -0.461 e. The van der Waals surface area contributed by atoms with Gasteiger partial charge in [0.1, 0.15) is 11.5 Å². The van der Waals surface area contributed by atoms with Crippen molar-refractivity contribution in [3.63, 3.8) is 0 Å². The lowest BCUT2D eigenvalue weighted by atomic mass is 10.2. The number of nitrogens with one attached hydrogen (secondary N) is 2. The van der Waals surface area contributed by atoms with Crippen molar-refractivity contribution in [1.82, 2.24) is 0 Å². The minimum absolute atomic E-state index is 0.218. The van der Waals surface area contributed by atoms with Crippen molar-refractivity contribution >= 4 is 29.3 Å². The monoisotopic (exact) mass is 376 g/mol. The molecule has 2 amide bonds. The highest BCUT2D eigenvalue weighted by Crippen LogP contribution is 2.47. The zero-order valence-electron chi connectivity index (χ0n) is 15.3. The summed E-state index contributed by atoms with van der Waals surface area (Å²) in [6, 6.07) is 14.0. The molecule has 0 saturated heterocycles. The van der Waals surface area contributed by atoms with E-state index in [-0.39, 0.29) is 17.6 Å². The molecular formula is C22H20N2O4. The molecule has 6 heteroatoms. The molecule has 2 heterocycles. The van der Waals surface area contributed by atoms with Gasteiger partial charge in [-0.05, 0) is 60.9 Å². The van der Waals surface area contributed by atoms with Crippen molar-refractivity contribution < 1.29 is 18.4 Å². The third kappa shape index (κ3) is 4.23. The number of furan rings is 2. The van der Waals surface area contributed by atoms with Crippen LogP contribution in [0.2, 0.25) is 0 Å². The summed E-state index contributed by atoms with van der Waals surface area (Å²) < 4.78 is 10.8. The van der Waals surface area contributed by atoms with Crippen molar-refractivity contribution in [2.24, 2.45) is 5.92 Å². The summed E-state index contributed by atoms with van der Waals surface area (Å²) in [5.74, 6) is 2.40. The maximum Gasteiger partial charge on any atom is 0.291 e. The Kier molecular flexibility index (Phi) is 4.85. The van der Waals surface area contributed by atoms with Gasteiger partial charge in [0.25, 0.3) is 5.91 Å². The summed E-state index contributed by atoms with van der Waals surface area (Å²) in [5.41, 5.74) is 1.12. The second-order valence-electron chi connectivity index (χ2n) is 6.89.